The topological polar surface area (TPSA) is 112 Å². The Kier molecular flexibility index (Phi) is 6.28. The maximum Gasteiger partial charge on any atom is 1.00 e. The number of hydrogen-bond donors (Lipinski definition) is 2. The van der Waals surface area contributed by atoms with Crippen molar-refractivity contribution in [2.45, 2.75) is 11.4 Å². The summed E-state index contributed by atoms with van der Waals surface area (Å²) in [6.45, 7) is 0.529. The van der Waals surface area contributed by atoms with Gasteiger partial charge in [0.05, 0.1) is 11.4 Å². The standard InChI is InChI=1S/C20H15N6O2S.Rb/c21-29(28)15-4-2-14(3-5-15)25-17-7-8-18(26-19(17)23-11-24-26)12-1-6-16-13(9-12)10-22-20(16)27;/h1-9,11,21H,10H2,(H2,22,25,27);/q-1;+1. The predicted molar refractivity (Wildman–Crippen MR) is 110 cm³/mol. The third kappa shape index (κ3) is 3.93. The zero-order chi connectivity index (χ0) is 20.0. The SMILES string of the molecule is [NH-]S(=O)c1ccc(Nc2ccc(-c3ccc4c(c3)CNC4=O)n3ncnc23)cc1.[Rb+]. The summed E-state index contributed by atoms with van der Waals surface area (Å²) in [7, 11) is -1.76. The quantitative estimate of drug-likeness (QED) is 0.433. The second-order valence-electron chi connectivity index (χ2n) is 6.60. The van der Waals surface area contributed by atoms with E-state index in [1.165, 1.54) is 6.33 Å². The summed E-state index contributed by atoms with van der Waals surface area (Å²) in [5, 5.41) is 17.7. The van der Waals surface area contributed by atoms with Crippen LogP contribution in [0.25, 0.3) is 22.0 Å². The molecule has 2 aromatic heterocycles. The zero-order valence-electron chi connectivity index (χ0n) is 16.0. The average molecular weight is 489 g/mol. The van der Waals surface area contributed by atoms with Gasteiger partial charge in [0.2, 0.25) is 0 Å². The predicted octanol–water partition coefficient (Wildman–Crippen LogP) is 0.462. The summed E-state index contributed by atoms with van der Waals surface area (Å²) in [6, 6.07) is 16.5. The Bertz CT molecular complexity index is 1290. The number of benzene rings is 2. The Hall–Kier alpha value is -1.75. The van der Waals surface area contributed by atoms with Gasteiger partial charge in [0.1, 0.15) is 6.33 Å². The van der Waals surface area contributed by atoms with E-state index < -0.39 is 11.0 Å². The largest absolute Gasteiger partial charge is 1.00 e. The maximum absolute atomic E-state index is 11.8. The number of hydrogen-bond acceptors (Lipinski definition) is 5. The normalized spacial score (nSPS) is 13.4. The summed E-state index contributed by atoms with van der Waals surface area (Å²) in [4.78, 5) is 16.6. The molecule has 0 saturated carbocycles. The number of rotatable bonds is 4. The molecule has 1 aliphatic heterocycles. The van der Waals surface area contributed by atoms with E-state index in [1.54, 1.807) is 28.8 Å². The van der Waals surface area contributed by atoms with Crippen LogP contribution in [0.2, 0.25) is 0 Å². The van der Waals surface area contributed by atoms with Crippen molar-refractivity contribution in [2.75, 3.05) is 5.32 Å². The van der Waals surface area contributed by atoms with E-state index in [4.69, 9.17) is 5.14 Å². The van der Waals surface area contributed by atoms with Crippen molar-refractivity contribution in [1.82, 2.24) is 19.9 Å². The first-order valence-corrected chi connectivity index (χ1v) is 9.99. The van der Waals surface area contributed by atoms with E-state index >= 15 is 0 Å². The van der Waals surface area contributed by atoms with Crippen LogP contribution in [0.4, 0.5) is 11.4 Å². The fourth-order valence-electron chi connectivity index (χ4n) is 3.43. The summed E-state index contributed by atoms with van der Waals surface area (Å²) < 4.78 is 13.0. The minimum absolute atomic E-state index is 0. The Balaban J connectivity index is 0.00000218. The van der Waals surface area contributed by atoms with Crippen LogP contribution in [0.1, 0.15) is 15.9 Å². The van der Waals surface area contributed by atoms with Gasteiger partial charge < -0.3 is 15.8 Å². The van der Waals surface area contributed by atoms with E-state index in [9.17, 15) is 9.00 Å². The molecule has 3 heterocycles. The van der Waals surface area contributed by atoms with E-state index in [1.807, 2.05) is 30.3 Å². The molecule has 4 aromatic rings. The van der Waals surface area contributed by atoms with Crippen molar-refractivity contribution >= 4 is 33.9 Å². The number of nitrogens with one attached hydrogen (secondary N) is 3. The Morgan fingerprint density at radius 1 is 1.10 bits per heavy atom. The van der Waals surface area contributed by atoms with Gasteiger partial charge in [-0.05, 0) is 65.1 Å². The van der Waals surface area contributed by atoms with Gasteiger partial charge >= 0.3 is 58.2 Å². The first-order chi connectivity index (χ1) is 14.1. The van der Waals surface area contributed by atoms with Gasteiger partial charge in [-0.25, -0.2) is 9.50 Å². The van der Waals surface area contributed by atoms with Crippen LogP contribution < -0.4 is 68.8 Å². The molecule has 0 saturated heterocycles. The molecule has 8 nitrogen and oxygen atoms in total. The van der Waals surface area contributed by atoms with Gasteiger partial charge in [-0.3, -0.25) is 9.00 Å². The molecule has 1 atom stereocenters. The molecule has 5 rings (SSSR count). The number of aromatic nitrogens is 3. The van der Waals surface area contributed by atoms with Crippen molar-refractivity contribution in [2.24, 2.45) is 0 Å². The number of amides is 1. The van der Waals surface area contributed by atoms with E-state index in [0.29, 0.717) is 22.7 Å². The summed E-state index contributed by atoms with van der Waals surface area (Å²) in [5.41, 5.74) is 5.71. The molecule has 3 N–H and O–H groups in total. The molecule has 1 amide bonds. The molecule has 0 bridgehead atoms. The van der Waals surface area contributed by atoms with Gasteiger partial charge in [0.15, 0.2) is 5.65 Å². The molecule has 0 radical (unpaired) electrons. The van der Waals surface area contributed by atoms with Crippen molar-refractivity contribution in [3.05, 3.63) is 77.2 Å². The van der Waals surface area contributed by atoms with Gasteiger partial charge in [0, 0.05) is 28.3 Å². The van der Waals surface area contributed by atoms with Gasteiger partial charge in [-0.1, -0.05) is 6.07 Å². The second kappa shape index (κ2) is 8.78. The van der Waals surface area contributed by atoms with Crippen molar-refractivity contribution in [3.8, 4) is 11.3 Å². The third-order valence-corrected chi connectivity index (χ3v) is 5.56. The molecule has 0 fully saturated rings. The van der Waals surface area contributed by atoms with Crippen LogP contribution in [0.15, 0.2) is 65.8 Å². The monoisotopic (exact) mass is 488 g/mol. The number of fused-ring (bicyclic) bond motifs is 2. The smallest absolute Gasteiger partial charge is 0.587 e. The van der Waals surface area contributed by atoms with Crippen molar-refractivity contribution < 1.29 is 67.2 Å². The number of pyridine rings is 1. The van der Waals surface area contributed by atoms with Crippen LogP contribution >= 0.6 is 0 Å². The van der Waals surface area contributed by atoms with E-state index in [-0.39, 0.29) is 64.1 Å². The van der Waals surface area contributed by atoms with Crippen LogP contribution in [0.3, 0.4) is 0 Å². The third-order valence-electron chi connectivity index (χ3n) is 4.86. The molecule has 10 heteroatoms. The van der Waals surface area contributed by atoms with E-state index in [2.05, 4.69) is 20.7 Å². The Morgan fingerprint density at radius 3 is 2.67 bits per heavy atom. The van der Waals surface area contributed by atoms with Gasteiger partial charge in [-0.15, -0.1) is 0 Å². The molecule has 144 valence electrons. The molecule has 2 aromatic carbocycles. The second-order valence-corrected chi connectivity index (χ2v) is 7.61. The summed E-state index contributed by atoms with van der Waals surface area (Å²) in [6.07, 6.45) is 1.49. The van der Waals surface area contributed by atoms with Crippen LogP contribution in [-0.4, -0.2) is 24.7 Å². The number of carbonyl (C=O) groups excluding carboxylic acids is 1. The van der Waals surface area contributed by atoms with Crippen molar-refractivity contribution in [1.29, 1.82) is 0 Å². The maximum atomic E-state index is 11.8. The van der Waals surface area contributed by atoms with Gasteiger partial charge in [0.25, 0.3) is 5.91 Å². The number of anilines is 2. The average Bonchev–Trinajstić information content (AvgIpc) is 3.36. The molecule has 1 aliphatic rings. The molecular weight excluding hydrogens is 474 g/mol. The number of nitrogens with zero attached hydrogens (tertiary/aromatic N) is 3. The van der Waals surface area contributed by atoms with Crippen LogP contribution in [0, 0.1) is 0 Å². The van der Waals surface area contributed by atoms with Crippen LogP contribution in [0.5, 0.6) is 0 Å². The number of carbonyl (C=O) groups is 1. The fraction of sp³-hybridized carbons (Fsp3) is 0.0500. The fourth-order valence-corrected chi connectivity index (χ4v) is 3.82. The van der Waals surface area contributed by atoms with E-state index in [0.717, 1.165) is 28.2 Å². The molecule has 0 spiro atoms. The Labute approximate surface area is 223 Å². The zero-order valence-corrected chi connectivity index (χ0v) is 21.8. The minimum Gasteiger partial charge on any atom is -0.587 e. The van der Waals surface area contributed by atoms with Gasteiger partial charge in [-0.2, -0.15) is 5.10 Å². The first kappa shape index (κ1) is 21.5. The summed E-state index contributed by atoms with van der Waals surface area (Å²) in [5.74, 6) is -0.0442. The Morgan fingerprint density at radius 2 is 1.90 bits per heavy atom. The summed E-state index contributed by atoms with van der Waals surface area (Å²) >= 11 is 0. The first-order valence-electron chi connectivity index (χ1n) is 8.84. The molecular formula is C20H15N6O2RbS. The van der Waals surface area contributed by atoms with Crippen LogP contribution in [-0.2, 0) is 17.5 Å². The molecule has 30 heavy (non-hydrogen) atoms. The molecule has 1 unspecified atom stereocenters. The van der Waals surface area contributed by atoms with Crippen molar-refractivity contribution in [3.63, 3.8) is 0 Å². The minimum atomic E-state index is -1.76. The molecule has 0 aliphatic carbocycles.